The molecule has 0 spiro atoms. The van der Waals surface area contributed by atoms with Crippen LogP contribution in [0.25, 0.3) is 11.0 Å². The Morgan fingerprint density at radius 2 is 1.92 bits per heavy atom. The molecule has 2 aromatic heterocycles. The predicted molar refractivity (Wildman–Crippen MR) is 101 cm³/mol. The molecule has 1 atom stereocenters. The van der Waals surface area contributed by atoms with Crippen molar-refractivity contribution in [3.63, 3.8) is 0 Å². The van der Waals surface area contributed by atoms with E-state index in [1.165, 1.54) is 4.90 Å². The van der Waals surface area contributed by atoms with Crippen LogP contribution in [0.5, 0.6) is 0 Å². The maximum Gasteiger partial charge on any atom is 0.268 e. The summed E-state index contributed by atoms with van der Waals surface area (Å²) in [5.41, 5.74) is 2.61. The van der Waals surface area contributed by atoms with Crippen molar-refractivity contribution in [3.05, 3.63) is 64.9 Å². The Morgan fingerprint density at radius 3 is 2.62 bits per heavy atom. The van der Waals surface area contributed by atoms with Gasteiger partial charge in [-0.3, -0.25) is 9.59 Å². The lowest BCUT2D eigenvalue weighted by atomic mass is 10.0. The molecule has 3 aromatic rings. The molecule has 2 heterocycles. The van der Waals surface area contributed by atoms with Crippen LogP contribution in [0.4, 0.5) is 0 Å². The monoisotopic (exact) mass is 370 g/mol. The molecule has 0 radical (unpaired) electrons. The Hall–Kier alpha value is -2.86. The van der Waals surface area contributed by atoms with Crippen LogP contribution < -0.4 is 5.32 Å². The zero-order valence-corrected chi connectivity index (χ0v) is 15.2. The summed E-state index contributed by atoms with van der Waals surface area (Å²) in [6.45, 7) is 0. The lowest BCUT2D eigenvalue weighted by Crippen LogP contribution is -2.47. The Kier molecular flexibility index (Phi) is 5.23. The van der Waals surface area contributed by atoms with Gasteiger partial charge in [0.2, 0.25) is 5.91 Å². The number of hydrogen-bond donors (Lipinski definition) is 2. The standard InChI is InChI=1S/C19H19ClN4O2/c1-24(2)19(26)16(10-12-6-4-3-5-7-12)23-18(25)15-11-14-13(21-15)8-9-17(20)22-14/h3-9,11,16,21H,10H2,1-2H3,(H,23,25). The summed E-state index contributed by atoms with van der Waals surface area (Å²) in [6, 6.07) is 13.9. The van der Waals surface area contributed by atoms with Crippen LogP contribution in [0.1, 0.15) is 16.1 Å². The van der Waals surface area contributed by atoms with Gasteiger partial charge in [-0.2, -0.15) is 0 Å². The largest absolute Gasteiger partial charge is 0.349 e. The highest BCUT2D eigenvalue weighted by Crippen LogP contribution is 2.16. The molecular formula is C19H19ClN4O2. The van der Waals surface area contributed by atoms with E-state index in [4.69, 9.17) is 11.6 Å². The van der Waals surface area contributed by atoms with Crippen molar-refractivity contribution in [1.29, 1.82) is 0 Å². The van der Waals surface area contributed by atoms with E-state index >= 15 is 0 Å². The van der Waals surface area contributed by atoms with E-state index in [0.717, 1.165) is 5.56 Å². The van der Waals surface area contributed by atoms with Crippen LogP contribution in [0, 0.1) is 0 Å². The van der Waals surface area contributed by atoms with Crippen LogP contribution in [0.2, 0.25) is 5.15 Å². The number of aromatic nitrogens is 2. The predicted octanol–water partition coefficient (Wildman–Crippen LogP) is 2.65. The summed E-state index contributed by atoms with van der Waals surface area (Å²) in [6.07, 6.45) is 0.411. The molecule has 0 bridgehead atoms. The Labute approximate surface area is 156 Å². The summed E-state index contributed by atoms with van der Waals surface area (Å²) in [5, 5.41) is 3.17. The number of H-pyrrole nitrogens is 1. The maximum absolute atomic E-state index is 12.7. The lowest BCUT2D eigenvalue weighted by molar-refractivity contribution is -0.130. The molecule has 1 aromatic carbocycles. The van der Waals surface area contributed by atoms with Crippen LogP contribution in [0.15, 0.2) is 48.5 Å². The number of carbonyl (C=O) groups excluding carboxylic acids is 2. The van der Waals surface area contributed by atoms with Crippen LogP contribution >= 0.6 is 11.6 Å². The van der Waals surface area contributed by atoms with Crippen molar-refractivity contribution in [2.24, 2.45) is 0 Å². The van der Waals surface area contributed by atoms with Gasteiger partial charge in [-0.25, -0.2) is 4.98 Å². The molecule has 2 N–H and O–H groups in total. The SMILES string of the molecule is CN(C)C(=O)C(Cc1ccccc1)NC(=O)c1cc2nc(Cl)ccc2[nH]1. The highest BCUT2D eigenvalue weighted by molar-refractivity contribution is 6.29. The average Bonchev–Trinajstić information content (AvgIpc) is 3.04. The molecule has 0 aliphatic heterocycles. The van der Waals surface area contributed by atoms with Gasteiger partial charge < -0.3 is 15.2 Å². The zero-order valence-electron chi connectivity index (χ0n) is 14.5. The summed E-state index contributed by atoms with van der Waals surface area (Å²) in [7, 11) is 3.34. The molecule has 2 amide bonds. The van der Waals surface area contributed by atoms with Crippen molar-refractivity contribution in [1.82, 2.24) is 20.2 Å². The normalized spacial score (nSPS) is 12.0. The van der Waals surface area contributed by atoms with Gasteiger partial charge in [0.25, 0.3) is 5.91 Å². The Balaban J connectivity index is 1.82. The minimum Gasteiger partial charge on any atom is -0.349 e. The second kappa shape index (κ2) is 7.58. The first-order chi connectivity index (χ1) is 12.4. The number of fused-ring (bicyclic) bond motifs is 1. The van der Waals surface area contributed by atoms with E-state index in [-0.39, 0.29) is 11.8 Å². The van der Waals surface area contributed by atoms with Gasteiger partial charge in [0, 0.05) is 20.5 Å². The molecule has 26 heavy (non-hydrogen) atoms. The molecule has 6 nitrogen and oxygen atoms in total. The van der Waals surface area contributed by atoms with E-state index in [2.05, 4.69) is 15.3 Å². The first kappa shape index (κ1) is 17.9. The highest BCUT2D eigenvalue weighted by Gasteiger charge is 2.24. The number of nitrogens with one attached hydrogen (secondary N) is 2. The number of carbonyl (C=O) groups is 2. The molecule has 1 unspecified atom stereocenters. The second-order valence-electron chi connectivity index (χ2n) is 6.20. The fourth-order valence-electron chi connectivity index (χ4n) is 2.70. The molecule has 0 saturated heterocycles. The van der Waals surface area contributed by atoms with Crippen molar-refractivity contribution in [2.45, 2.75) is 12.5 Å². The van der Waals surface area contributed by atoms with Gasteiger partial charge in [-0.1, -0.05) is 41.9 Å². The smallest absolute Gasteiger partial charge is 0.268 e. The van der Waals surface area contributed by atoms with Crippen molar-refractivity contribution >= 4 is 34.4 Å². The summed E-state index contributed by atoms with van der Waals surface area (Å²) in [4.78, 5) is 33.8. The van der Waals surface area contributed by atoms with Crippen molar-refractivity contribution in [2.75, 3.05) is 14.1 Å². The van der Waals surface area contributed by atoms with E-state index in [1.807, 2.05) is 30.3 Å². The fourth-order valence-corrected chi connectivity index (χ4v) is 2.86. The van der Waals surface area contributed by atoms with Crippen LogP contribution in [-0.4, -0.2) is 46.8 Å². The molecule has 0 fully saturated rings. The number of hydrogen-bond acceptors (Lipinski definition) is 3. The number of nitrogens with zero attached hydrogens (tertiary/aromatic N) is 2. The number of amides is 2. The van der Waals surface area contributed by atoms with Crippen molar-refractivity contribution in [3.8, 4) is 0 Å². The van der Waals surface area contributed by atoms with Crippen molar-refractivity contribution < 1.29 is 9.59 Å². The third-order valence-corrected chi connectivity index (χ3v) is 4.22. The third-order valence-electron chi connectivity index (χ3n) is 4.01. The third kappa shape index (κ3) is 4.03. The second-order valence-corrected chi connectivity index (χ2v) is 6.59. The summed E-state index contributed by atoms with van der Waals surface area (Å²) < 4.78 is 0. The Bertz CT molecular complexity index is 937. The van der Waals surface area contributed by atoms with Gasteiger partial charge in [0.15, 0.2) is 0 Å². The fraction of sp³-hybridized carbons (Fsp3) is 0.211. The van der Waals surface area contributed by atoms with Gasteiger partial charge in [-0.15, -0.1) is 0 Å². The van der Waals surface area contributed by atoms with E-state index in [9.17, 15) is 9.59 Å². The number of likely N-dealkylation sites (N-methyl/N-ethyl adjacent to an activating group) is 1. The van der Waals surface area contributed by atoms with Crippen LogP contribution in [0.3, 0.4) is 0 Å². The number of halogens is 1. The molecule has 134 valence electrons. The average molecular weight is 371 g/mol. The highest BCUT2D eigenvalue weighted by atomic mass is 35.5. The summed E-state index contributed by atoms with van der Waals surface area (Å²) in [5.74, 6) is -0.533. The molecule has 7 heteroatoms. The number of aromatic amines is 1. The molecular weight excluding hydrogens is 352 g/mol. The zero-order chi connectivity index (χ0) is 18.7. The van der Waals surface area contributed by atoms with E-state index < -0.39 is 6.04 Å². The molecule has 3 rings (SSSR count). The first-order valence-electron chi connectivity index (χ1n) is 8.15. The van der Waals surface area contributed by atoms with E-state index in [0.29, 0.717) is 28.3 Å². The minimum absolute atomic E-state index is 0.167. The number of pyridine rings is 1. The van der Waals surface area contributed by atoms with Crippen LogP contribution in [-0.2, 0) is 11.2 Å². The van der Waals surface area contributed by atoms with Gasteiger partial charge >= 0.3 is 0 Å². The summed E-state index contributed by atoms with van der Waals surface area (Å²) >= 11 is 5.88. The number of rotatable bonds is 5. The molecule has 0 aliphatic carbocycles. The molecule has 0 saturated carbocycles. The lowest BCUT2D eigenvalue weighted by Gasteiger charge is -2.21. The van der Waals surface area contributed by atoms with Gasteiger partial charge in [0.1, 0.15) is 16.9 Å². The van der Waals surface area contributed by atoms with E-state index in [1.54, 1.807) is 32.3 Å². The molecule has 0 aliphatic rings. The maximum atomic E-state index is 12.7. The van der Waals surface area contributed by atoms with Gasteiger partial charge in [0.05, 0.1) is 11.0 Å². The first-order valence-corrected chi connectivity index (χ1v) is 8.53. The quantitative estimate of drug-likeness (QED) is 0.678. The Morgan fingerprint density at radius 1 is 1.19 bits per heavy atom. The topological polar surface area (TPSA) is 78.1 Å². The minimum atomic E-state index is -0.664. The van der Waals surface area contributed by atoms with Gasteiger partial charge in [-0.05, 0) is 23.8 Å². The number of benzene rings is 1.